The number of anilines is 1. The number of hydrogen-bond donors (Lipinski definition) is 0. The molecule has 1 heterocycles. The van der Waals surface area contributed by atoms with Crippen LogP contribution in [0, 0.1) is 0 Å². The van der Waals surface area contributed by atoms with Gasteiger partial charge in [0.1, 0.15) is 0 Å². The van der Waals surface area contributed by atoms with Crippen LogP contribution in [-0.2, 0) is 0 Å². The highest BCUT2D eigenvalue weighted by Crippen LogP contribution is 2.20. The van der Waals surface area contributed by atoms with Crippen molar-refractivity contribution in [3.8, 4) is 5.69 Å². The van der Waals surface area contributed by atoms with Crippen LogP contribution in [-0.4, -0.2) is 15.8 Å². The van der Waals surface area contributed by atoms with Crippen molar-refractivity contribution in [2.75, 3.05) is 4.90 Å². The summed E-state index contributed by atoms with van der Waals surface area (Å²) in [7, 11) is 0. The van der Waals surface area contributed by atoms with E-state index in [1.807, 2.05) is 54.2 Å². The van der Waals surface area contributed by atoms with E-state index in [0.717, 1.165) is 17.2 Å². The van der Waals surface area contributed by atoms with E-state index in [9.17, 15) is 0 Å². The lowest BCUT2D eigenvalue weighted by atomic mass is 10.3. The molecule has 94 valence electrons. The van der Waals surface area contributed by atoms with E-state index in [0.29, 0.717) is 6.04 Å². The number of hydrogen-bond acceptors (Lipinski definition) is 2. The smallest absolute Gasteiger partial charge is 0.155 e. The first-order chi connectivity index (χ1) is 8.59. The number of allylic oxidation sites excluding steroid dienone is 1. The Morgan fingerprint density at radius 2 is 1.89 bits per heavy atom. The Balaban J connectivity index is 2.33. The van der Waals surface area contributed by atoms with E-state index < -0.39 is 0 Å². The van der Waals surface area contributed by atoms with Gasteiger partial charge in [-0.2, -0.15) is 0 Å². The molecule has 0 radical (unpaired) electrons. The lowest BCUT2D eigenvalue weighted by molar-refractivity contribution is 0.732. The Hall–Kier alpha value is -2.03. The van der Waals surface area contributed by atoms with Crippen LogP contribution in [0.3, 0.4) is 0 Å². The lowest BCUT2D eigenvalue weighted by Gasteiger charge is -2.26. The molecule has 0 aliphatic rings. The molecule has 1 aromatic carbocycles. The molecule has 0 saturated heterocycles. The van der Waals surface area contributed by atoms with Crippen molar-refractivity contribution < 1.29 is 0 Å². The number of nitrogens with zero attached hydrogens (tertiary/aromatic N) is 3. The fourth-order valence-corrected chi connectivity index (χ4v) is 2.07. The average molecular weight is 241 g/mol. The predicted octanol–water partition coefficient (Wildman–Crippen LogP) is 3.62. The third kappa shape index (κ3) is 2.45. The summed E-state index contributed by atoms with van der Waals surface area (Å²) in [6.07, 6.45) is 1.98. The average Bonchev–Trinajstić information content (AvgIpc) is 2.78. The molecule has 0 fully saturated rings. The van der Waals surface area contributed by atoms with Gasteiger partial charge in [0.25, 0.3) is 0 Å². The largest absolute Gasteiger partial charge is 0.327 e. The SMILES string of the molecule is C=C(C)N(c1ccn(-c2ccccc2)n1)C(C)C. The molecule has 0 amide bonds. The fraction of sp³-hybridized carbons (Fsp3) is 0.267. The van der Waals surface area contributed by atoms with Crippen LogP contribution in [0.4, 0.5) is 5.82 Å². The summed E-state index contributed by atoms with van der Waals surface area (Å²) in [5, 5.41) is 4.61. The Kier molecular flexibility index (Phi) is 3.51. The Labute approximate surface area is 108 Å². The molecule has 0 aliphatic heterocycles. The van der Waals surface area contributed by atoms with Crippen LogP contribution >= 0.6 is 0 Å². The molecule has 0 N–H and O–H groups in total. The van der Waals surface area contributed by atoms with Gasteiger partial charge in [0, 0.05) is 24.0 Å². The highest BCUT2D eigenvalue weighted by Gasteiger charge is 2.14. The van der Waals surface area contributed by atoms with Gasteiger partial charge in [-0.15, -0.1) is 5.10 Å². The van der Waals surface area contributed by atoms with Gasteiger partial charge >= 0.3 is 0 Å². The second-order valence-corrected chi connectivity index (χ2v) is 4.65. The van der Waals surface area contributed by atoms with Gasteiger partial charge in [0.15, 0.2) is 5.82 Å². The Morgan fingerprint density at radius 3 is 2.44 bits per heavy atom. The molecule has 0 spiro atoms. The van der Waals surface area contributed by atoms with E-state index >= 15 is 0 Å². The number of benzene rings is 1. The summed E-state index contributed by atoms with van der Waals surface area (Å²) in [4.78, 5) is 2.12. The van der Waals surface area contributed by atoms with Gasteiger partial charge in [0.2, 0.25) is 0 Å². The maximum absolute atomic E-state index is 4.61. The van der Waals surface area contributed by atoms with Crippen molar-refractivity contribution in [1.82, 2.24) is 9.78 Å². The Morgan fingerprint density at radius 1 is 1.22 bits per heavy atom. The van der Waals surface area contributed by atoms with Crippen LogP contribution in [0.15, 0.2) is 54.9 Å². The molecule has 0 saturated carbocycles. The van der Waals surface area contributed by atoms with Gasteiger partial charge in [0.05, 0.1) is 5.69 Å². The van der Waals surface area contributed by atoms with Gasteiger partial charge in [-0.1, -0.05) is 24.8 Å². The number of para-hydroxylation sites is 1. The van der Waals surface area contributed by atoms with Gasteiger partial charge in [-0.25, -0.2) is 4.68 Å². The Bertz CT molecular complexity index is 526. The van der Waals surface area contributed by atoms with Crippen molar-refractivity contribution in [2.45, 2.75) is 26.8 Å². The quantitative estimate of drug-likeness (QED) is 0.815. The topological polar surface area (TPSA) is 21.1 Å². The summed E-state index contributed by atoms with van der Waals surface area (Å²) < 4.78 is 1.88. The first-order valence-electron chi connectivity index (χ1n) is 6.15. The van der Waals surface area contributed by atoms with Crippen LogP contribution in [0.2, 0.25) is 0 Å². The monoisotopic (exact) mass is 241 g/mol. The summed E-state index contributed by atoms with van der Waals surface area (Å²) >= 11 is 0. The molecule has 18 heavy (non-hydrogen) atoms. The van der Waals surface area contributed by atoms with E-state index in [4.69, 9.17) is 0 Å². The van der Waals surface area contributed by atoms with E-state index in [2.05, 4.69) is 30.4 Å². The van der Waals surface area contributed by atoms with Crippen LogP contribution in [0.25, 0.3) is 5.69 Å². The normalized spacial score (nSPS) is 10.7. The van der Waals surface area contributed by atoms with E-state index in [1.165, 1.54) is 0 Å². The molecular formula is C15H19N3. The third-order valence-electron chi connectivity index (χ3n) is 2.77. The van der Waals surface area contributed by atoms with Crippen molar-refractivity contribution >= 4 is 5.82 Å². The molecule has 3 heteroatoms. The standard InChI is InChI=1S/C15H19N3/c1-12(2)18(13(3)4)15-10-11-17(16-15)14-8-6-5-7-9-14/h5-11,13H,1H2,2-4H3. The molecular weight excluding hydrogens is 222 g/mol. The zero-order chi connectivity index (χ0) is 13.1. The summed E-state index contributed by atoms with van der Waals surface area (Å²) in [6.45, 7) is 10.3. The third-order valence-corrected chi connectivity index (χ3v) is 2.77. The van der Waals surface area contributed by atoms with E-state index in [1.54, 1.807) is 0 Å². The van der Waals surface area contributed by atoms with E-state index in [-0.39, 0.29) is 0 Å². The minimum Gasteiger partial charge on any atom is -0.327 e. The predicted molar refractivity (Wildman–Crippen MR) is 76.0 cm³/mol. The van der Waals surface area contributed by atoms with Crippen LogP contribution < -0.4 is 4.90 Å². The molecule has 0 atom stereocenters. The lowest BCUT2D eigenvalue weighted by Crippen LogP contribution is -2.28. The molecule has 2 rings (SSSR count). The van der Waals surface area contributed by atoms with Crippen LogP contribution in [0.5, 0.6) is 0 Å². The zero-order valence-corrected chi connectivity index (χ0v) is 11.2. The van der Waals surface area contributed by atoms with Crippen molar-refractivity contribution in [3.05, 3.63) is 54.9 Å². The van der Waals surface area contributed by atoms with Crippen LogP contribution in [0.1, 0.15) is 20.8 Å². The highest BCUT2D eigenvalue weighted by molar-refractivity contribution is 5.46. The van der Waals surface area contributed by atoms with Crippen molar-refractivity contribution in [3.63, 3.8) is 0 Å². The minimum atomic E-state index is 0.349. The molecule has 3 nitrogen and oxygen atoms in total. The van der Waals surface area contributed by atoms with Gasteiger partial charge < -0.3 is 4.90 Å². The first kappa shape index (κ1) is 12.4. The van der Waals surface area contributed by atoms with Gasteiger partial charge in [-0.3, -0.25) is 0 Å². The molecule has 0 unspecified atom stereocenters. The summed E-state index contributed by atoms with van der Waals surface area (Å²) in [6, 6.07) is 12.5. The summed E-state index contributed by atoms with van der Waals surface area (Å²) in [5.41, 5.74) is 2.07. The second-order valence-electron chi connectivity index (χ2n) is 4.65. The van der Waals surface area contributed by atoms with Crippen molar-refractivity contribution in [2.24, 2.45) is 0 Å². The maximum atomic E-state index is 4.61. The zero-order valence-electron chi connectivity index (χ0n) is 11.2. The summed E-state index contributed by atoms with van der Waals surface area (Å²) in [5.74, 6) is 0.932. The van der Waals surface area contributed by atoms with Gasteiger partial charge in [-0.05, 0) is 32.9 Å². The molecule has 0 bridgehead atoms. The molecule has 1 aromatic heterocycles. The second kappa shape index (κ2) is 5.08. The van der Waals surface area contributed by atoms with Crippen molar-refractivity contribution in [1.29, 1.82) is 0 Å². The number of aromatic nitrogens is 2. The number of rotatable bonds is 4. The first-order valence-corrected chi connectivity index (χ1v) is 6.15. The fourth-order valence-electron chi connectivity index (χ4n) is 2.07. The molecule has 2 aromatic rings. The highest BCUT2D eigenvalue weighted by atomic mass is 15.4. The molecule has 0 aliphatic carbocycles. The maximum Gasteiger partial charge on any atom is 0.155 e. The minimum absolute atomic E-state index is 0.349.